The standard InChI is InChI=1S/C11H13N5O2/c1-15-7(3-4-8(15)17)16-6-14-9-10(16)12-5-13-11(9)18-2/h5-7H,3-4H2,1-2H3. The van der Waals surface area contributed by atoms with Crippen molar-refractivity contribution >= 4 is 17.1 Å². The Morgan fingerprint density at radius 3 is 2.89 bits per heavy atom. The number of hydrogen-bond acceptors (Lipinski definition) is 5. The molecule has 0 spiro atoms. The van der Waals surface area contributed by atoms with Crippen LogP contribution in [0.15, 0.2) is 12.7 Å². The summed E-state index contributed by atoms with van der Waals surface area (Å²) in [5.41, 5.74) is 1.31. The van der Waals surface area contributed by atoms with E-state index in [9.17, 15) is 4.79 Å². The van der Waals surface area contributed by atoms with Gasteiger partial charge in [-0.1, -0.05) is 0 Å². The number of ether oxygens (including phenoxy) is 1. The minimum absolute atomic E-state index is 0.0258. The lowest BCUT2D eigenvalue weighted by Gasteiger charge is -2.21. The van der Waals surface area contributed by atoms with Crippen LogP contribution in [0.25, 0.3) is 11.2 Å². The van der Waals surface area contributed by atoms with Crippen molar-refractivity contribution in [3.63, 3.8) is 0 Å². The second kappa shape index (κ2) is 3.94. The molecule has 0 radical (unpaired) electrons. The highest BCUT2D eigenvalue weighted by Gasteiger charge is 2.30. The molecule has 1 amide bonds. The molecule has 0 bridgehead atoms. The van der Waals surface area contributed by atoms with Gasteiger partial charge in [0.05, 0.1) is 13.4 Å². The molecule has 1 atom stereocenters. The highest BCUT2D eigenvalue weighted by atomic mass is 16.5. The maximum absolute atomic E-state index is 11.6. The number of likely N-dealkylation sites (tertiary alicyclic amines) is 1. The number of imidazole rings is 1. The maximum atomic E-state index is 11.6. The molecule has 3 heterocycles. The first-order valence-electron chi connectivity index (χ1n) is 5.69. The summed E-state index contributed by atoms with van der Waals surface area (Å²) in [5.74, 6) is 0.591. The quantitative estimate of drug-likeness (QED) is 0.776. The Kier molecular flexibility index (Phi) is 2.39. The van der Waals surface area contributed by atoms with E-state index in [1.165, 1.54) is 6.33 Å². The zero-order chi connectivity index (χ0) is 12.7. The lowest BCUT2D eigenvalue weighted by Crippen LogP contribution is -2.26. The average molecular weight is 247 g/mol. The molecule has 7 nitrogen and oxygen atoms in total. The van der Waals surface area contributed by atoms with E-state index < -0.39 is 0 Å². The van der Waals surface area contributed by atoms with E-state index in [-0.39, 0.29) is 12.1 Å². The Morgan fingerprint density at radius 1 is 1.39 bits per heavy atom. The molecule has 1 unspecified atom stereocenters. The van der Waals surface area contributed by atoms with Crippen LogP contribution < -0.4 is 4.74 Å². The minimum atomic E-state index is -0.0258. The van der Waals surface area contributed by atoms with Crippen LogP contribution in [-0.2, 0) is 4.79 Å². The monoisotopic (exact) mass is 247 g/mol. The summed E-state index contributed by atoms with van der Waals surface area (Å²) in [7, 11) is 3.34. The summed E-state index contributed by atoms with van der Waals surface area (Å²) >= 11 is 0. The van der Waals surface area contributed by atoms with Gasteiger partial charge in [-0.05, 0) is 6.42 Å². The third-order valence-corrected chi connectivity index (χ3v) is 3.30. The third kappa shape index (κ3) is 1.43. The predicted molar refractivity (Wildman–Crippen MR) is 62.9 cm³/mol. The van der Waals surface area contributed by atoms with E-state index in [1.807, 2.05) is 4.57 Å². The fourth-order valence-electron chi connectivity index (χ4n) is 2.31. The van der Waals surface area contributed by atoms with Gasteiger partial charge in [0.25, 0.3) is 0 Å². The number of carbonyl (C=O) groups excluding carboxylic acids is 1. The van der Waals surface area contributed by atoms with E-state index in [0.29, 0.717) is 23.5 Å². The van der Waals surface area contributed by atoms with Crippen molar-refractivity contribution in [1.82, 2.24) is 24.4 Å². The second-order valence-electron chi connectivity index (χ2n) is 4.23. The smallest absolute Gasteiger partial charge is 0.245 e. The van der Waals surface area contributed by atoms with Gasteiger partial charge in [-0.2, -0.15) is 4.98 Å². The van der Waals surface area contributed by atoms with Crippen LogP contribution in [-0.4, -0.2) is 44.5 Å². The summed E-state index contributed by atoms with van der Waals surface area (Å²) in [4.78, 5) is 25.8. The Balaban J connectivity index is 2.11. The Bertz CT molecular complexity index is 608. The Labute approximate surface area is 103 Å². The van der Waals surface area contributed by atoms with Gasteiger partial charge < -0.3 is 9.64 Å². The summed E-state index contributed by atoms with van der Waals surface area (Å²) in [5, 5.41) is 0. The summed E-state index contributed by atoms with van der Waals surface area (Å²) < 4.78 is 7.04. The van der Waals surface area contributed by atoms with Crippen molar-refractivity contribution in [2.75, 3.05) is 14.2 Å². The molecule has 2 aromatic heterocycles. The van der Waals surface area contributed by atoms with Crippen LogP contribution in [0.3, 0.4) is 0 Å². The fourth-order valence-corrected chi connectivity index (χ4v) is 2.31. The van der Waals surface area contributed by atoms with Crippen molar-refractivity contribution in [1.29, 1.82) is 0 Å². The lowest BCUT2D eigenvalue weighted by molar-refractivity contribution is -0.128. The fraction of sp³-hybridized carbons (Fsp3) is 0.455. The highest BCUT2D eigenvalue weighted by molar-refractivity contribution is 5.79. The van der Waals surface area contributed by atoms with E-state index >= 15 is 0 Å². The molecule has 94 valence electrons. The zero-order valence-electron chi connectivity index (χ0n) is 10.2. The first kappa shape index (κ1) is 10.9. The number of amides is 1. The molecule has 18 heavy (non-hydrogen) atoms. The maximum Gasteiger partial charge on any atom is 0.245 e. The SMILES string of the molecule is COc1ncnc2c1ncn2C1CCC(=O)N1C. The van der Waals surface area contributed by atoms with Crippen LogP contribution in [0.2, 0.25) is 0 Å². The van der Waals surface area contributed by atoms with Crippen LogP contribution in [0.4, 0.5) is 0 Å². The van der Waals surface area contributed by atoms with Crippen LogP contribution in [0.5, 0.6) is 5.88 Å². The van der Waals surface area contributed by atoms with Gasteiger partial charge in [-0.25, -0.2) is 9.97 Å². The van der Waals surface area contributed by atoms with Gasteiger partial charge in [-0.15, -0.1) is 0 Å². The summed E-state index contributed by atoms with van der Waals surface area (Å²) in [6.07, 6.45) is 4.43. The summed E-state index contributed by atoms with van der Waals surface area (Å²) in [6, 6.07) is 0. The number of aromatic nitrogens is 4. The molecule has 1 aliphatic rings. The third-order valence-electron chi connectivity index (χ3n) is 3.30. The molecule has 7 heteroatoms. The molecule has 2 aromatic rings. The van der Waals surface area contributed by atoms with Gasteiger partial charge in [-0.3, -0.25) is 9.36 Å². The number of rotatable bonds is 2. The first-order chi connectivity index (χ1) is 8.72. The number of fused-ring (bicyclic) bond motifs is 1. The van der Waals surface area contributed by atoms with Gasteiger partial charge in [0.1, 0.15) is 12.5 Å². The van der Waals surface area contributed by atoms with Gasteiger partial charge >= 0.3 is 0 Å². The molecule has 1 fully saturated rings. The Morgan fingerprint density at radius 2 is 2.22 bits per heavy atom. The number of methoxy groups -OCH3 is 1. The van der Waals surface area contributed by atoms with Gasteiger partial charge in [0.15, 0.2) is 11.2 Å². The first-order valence-corrected chi connectivity index (χ1v) is 5.69. The van der Waals surface area contributed by atoms with Crippen molar-refractivity contribution in [2.24, 2.45) is 0 Å². The normalized spacial score (nSPS) is 19.8. The van der Waals surface area contributed by atoms with E-state index in [2.05, 4.69) is 15.0 Å². The van der Waals surface area contributed by atoms with Crippen LogP contribution in [0.1, 0.15) is 19.0 Å². The molecule has 0 saturated carbocycles. The van der Waals surface area contributed by atoms with Crippen LogP contribution >= 0.6 is 0 Å². The number of hydrogen-bond donors (Lipinski definition) is 0. The van der Waals surface area contributed by atoms with E-state index in [0.717, 1.165) is 6.42 Å². The molecule has 3 rings (SSSR count). The average Bonchev–Trinajstić information content (AvgIpc) is 2.94. The van der Waals surface area contributed by atoms with Gasteiger partial charge in [0.2, 0.25) is 11.8 Å². The van der Waals surface area contributed by atoms with Crippen LogP contribution in [0, 0.1) is 0 Å². The van der Waals surface area contributed by atoms with Crippen molar-refractivity contribution in [3.05, 3.63) is 12.7 Å². The minimum Gasteiger partial charge on any atom is -0.479 e. The molecular formula is C11H13N5O2. The molecule has 1 saturated heterocycles. The van der Waals surface area contributed by atoms with E-state index in [4.69, 9.17) is 4.74 Å². The number of carbonyl (C=O) groups is 1. The lowest BCUT2D eigenvalue weighted by atomic mass is 10.3. The van der Waals surface area contributed by atoms with Crippen molar-refractivity contribution < 1.29 is 9.53 Å². The topological polar surface area (TPSA) is 73.1 Å². The molecule has 0 N–H and O–H groups in total. The molecular weight excluding hydrogens is 234 g/mol. The summed E-state index contributed by atoms with van der Waals surface area (Å²) in [6.45, 7) is 0. The van der Waals surface area contributed by atoms with Crippen molar-refractivity contribution in [3.8, 4) is 5.88 Å². The predicted octanol–water partition coefficient (Wildman–Crippen LogP) is 0.586. The van der Waals surface area contributed by atoms with E-state index in [1.54, 1.807) is 25.4 Å². The second-order valence-corrected chi connectivity index (χ2v) is 4.23. The zero-order valence-corrected chi connectivity index (χ0v) is 10.2. The number of nitrogens with zero attached hydrogens (tertiary/aromatic N) is 5. The highest BCUT2D eigenvalue weighted by Crippen LogP contribution is 2.30. The Hall–Kier alpha value is -2.18. The molecule has 0 aliphatic carbocycles. The molecule has 0 aromatic carbocycles. The van der Waals surface area contributed by atoms with Gasteiger partial charge in [0, 0.05) is 13.5 Å². The van der Waals surface area contributed by atoms with Crippen molar-refractivity contribution in [2.45, 2.75) is 19.0 Å². The molecule has 1 aliphatic heterocycles. The largest absolute Gasteiger partial charge is 0.479 e.